The van der Waals surface area contributed by atoms with Crippen LogP contribution < -0.4 is 0 Å². The van der Waals surface area contributed by atoms with Crippen LogP contribution in [0.5, 0.6) is 0 Å². The van der Waals surface area contributed by atoms with Crippen molar-refractivity contribution in [3.63, 3.8) is 0 Å². The van der Waals surface area contributed by atoms with E-state index in [2.05, 4.69) is 9.97 Å². The van der Waals surface area contributed by atoms with Crippen molar-refractivity contribution in [2.24, 2.45) is 0 Å². The Morgan fingerprint density at radius 1 is 1.56 bits per heavy atom. The fourth-order valence-electron chi connectivity index (χ4n) is 1.26. The molecular formula is C9H9ClF2N2O2. The van der Waals surface area contributed by atoms with E-state index in [1.807, 2.05) is 0 Å². The molecule has 0 amide bonds. The molecule has 0 saturated heterocycles. The third-order valence-electron chi connectivity index (χ3n) is 1.93. The molecule has 1 heterocycles. The lowest BCUT2D eigenvalue weighted by atomic mass is 10.0. The average Bonchev–Trinajstić information content (AvgIpc) is 2.11. The van der Waals surface area contributed by atoms with Crippen molar-refractivity contribution < 1.29 is 18.7 Å². The van der Waals surface area contributed by atoms with Gasteiger partial charge in [0.25, 0.3) is 0 Å². The van der Waals surface area contributed by atoms with Gasteiger partial charge in [-0.2, -0.15) is 0 Å². The maximum atomic E-state index is 12.6. The van der Waals surface area contributed by atoms with Crippen LogP contribution in [0.3, 0.4) is 0 Å². The van der Waals surface area contributed by atoms with Gasteiger partial charge in [0, 0.05) is 5.69 Å². The van der Waals surface area contributed by atoms with Gasteiger partial charge in [-0.25, -0.2) is 18.7 Å². The van der Waals surface area contributed by atoms with Crippen molar-refractivity contribution in [3.05, 3.63) is 22.7 Å². The Hall–Kier alpha value is -1.30. The normalized spacial score (nSPS) is 12.8. The highest BCUT2D eigenvalue weighted by atomic mass is 35.5. The summed E-state index contributed by atoms with van der Waals surface area (Å²) in [5, 5.41) is 8.36. The minimum absolute atomic E-state index is 0.0464. The Balaban J connectivity index is 3.05. The van der Waals surface area contributed by atoms with Gasteiger partial charge in [-0.3, -0.25) is 4.79 Å². The van der Waals surface area contributed by atoms with Crippen LogP contribution >= 0.6 is 11.6 Å². The zero-order valence-electron chi connectivity index (χ0n) is 8.32. The molecule has 16 heavy (non-hydrogen) atoms. The van der Waals surface area contributed by atoms with Crippen molar-refractivity contribution in [1.82, 2.24) is 9.97 Å². The van der Waals surface area contributed by atoms with Gasteiger partial charge in [-0.1, -0.05) is 0 Å². The summed E-state index contributed by atoms with van der Waals surface area (Å²) >= 11 is 5.52. The van der Waals surface area contributed by atoms with Gasteiger partial charge < -0.3 is 5.11 Å². The minimum Gasteiger partial charge on any atom is -0.481 e. The van der Waals surface area contributed by atoms with E-state index in [-0.39, 0.29) is 11.0 Å². The monoisotopic (exact) mass is 250 g/mol. The molecule has 1 aromatic heterocycles. The molecule has 1 aromatic rings. The third-order valence-corrected chi connectivity index (χ3v) is 2.09. The summed E-state index contributed by atoms with van der Waals surface area (Å²) in [6.07, 6.45) is -3.49. The Morgan fingerprint density at radius 2 is 2.19 bits per heavy atom. The molecule has 0 aliphatic rings. The van der Waals surface area contributed by atoms with Crippen LogP contribution in [0, 0.1) is 6.92 Å². The second kappa shape index (κ2) is 5.16. The number of aliphatic carboxylic acids is 1. The van der Waals surface area contributed by atoms with Crippen LogP contribution in [0.4, 0.5) is 8.78 Å². The van der Waals surface area contributed by atoms with Gasteiger partial charge in [-0.15, -0.1) is 0 Å². The van der Waals surface area contributed by atoms with Crippen molar-refractivity contribution >= 4 is 17.6 Å². The molecular weight excluding hydrogens is 242 g/mol. The molecule has 7 heteroatoms. The standard InChI is InChI=1S/C9H9ClF2N2O2/c1-4-2-6(14-9(10)13-4)5(8(11)12)3-7(15)16/h2,5,8H,3H2,1H3,(H,15,16). The minimum atomic E-state index is -2.80. The first-order chi connectivity index (χ1) is 7.40. The lowest BCUT2D eigenvalue weighted by Gasteiger charge is -2.13. The number of carbonyl (C=O) groups is 1. The molecule has 0 spiro atoms. The van der Waals surface area contributed by atoms with E-state index >= 15 is 0 Å². The van der Waals surface area contributed by atoms with E-state index in [1.165, 1.54) is 6.07 Å². The van der Waals surface area contributed by atoms with Gasteiger partial charge in [0.05, 0.1) is 18.0 Å². The van der Waals surface area contributed by atoms with Crippen molar-refractivity contribution in [3.8, 4) is 0 Å². The number of nitrogens with zero attached hydrogens (tertiary/aromatic N) is 2. The SMILES string of the molecule is Cc1cc(C(CC(=O)O)C(F)F)nc(Cl)n1. The summed E-state index contributed by atoms with van der Waals surface area (Å²) < 4.78 is 25.3. The van der Waals surface area contributed by atoms with E-state index in [1.54, 1.807) is 6.92 Å². The topological polar surface area (TPSA) is 63.1 Å². The average molecular weight is 251 g/mol. The lowest BCUT2D eigenvalue weighted by molar-refractivity contribution is -0.138. The molecule has 0 aliphatic heterocycles. The quantitative estimate of drug-likeness (QED) is 0.833. The van der Waals surface area contributed by atoms with Crippen LogP contribution in [-0.2, 0) is 4.79 Å². The maximum absolute atomic E-state index is 12.6. The van der Waals surface area contributed by atoms with Crippen molar-refractivity contribution in [1.29, 1.82) is 0 Å². The molecule has 1 N–H and O–H groups in total. The Bertz CT molecular complexity index is 381. The van der Waals surface area contributed by atoms with Gasteiger partial charge in [0.2, 0.25) is 11.7 Å². The molecule has 0 saturated carbocycles. The number of halogens is 3. The molecule has 0 bridgehead atoms. The van der Waals surface area contributed by atoms with E-state index < -0.39 is 24.7 Å². The van der Waals surface area contributed by atoms with Crippen LogP contribution in [0.2, 0.25) is 5.28 Å². The second-order valence-corrected chi connectivity index (χ2v) is 3.58. The van der Waals surface area contributed by atoms with Gasteiger partial charge >= 0.3 is 5.97 Å². The molecule has 1 rings (SSSR count). The summed E-state index contributed by atoms with van der Waals surface area (Å²) in [5.41, 5.74) is 0.376. The van der Waals surface area contributed by atoms with Gasteiger partial charge in [0.15, 0.2) is 0 Å². The molecule has 0 radical (unpaired) electrons. The summed E-state index contributed by atoms with van der Waals surface area (Å²) in [4.78, 5) is 17.8. The predicted molar refractivity (Wildman–Crippen MR) is 52.8 cm³/mol. The van der Waals surface area contributed by atoms with Crippen molar-refractivity contribution in [2.75, 3.05) is 0 Å². The Kier molecular flexibility index (Phi) is 4.12. The number of hydrogen-bond acceptors (Lipinski definition) is 3. The van der Waals surface area contributed by atoms with Gasteiger partial charge in [0.1, 0.15) is 0 Å². The smallest absolute Gasteiger partial charge is 0.304 e. The highest BCUT2D eigenvalue weighted by molar-refractivity contribution is 6.28. The van der Waals surface area contributed by atoms with Crippen molar-refractivity contribution in [2.45, 2.75) is 25.7 Å². The van der Waals surface area contributed by atoms with E-state index in [9.17, 15) is 13.6 Å². The predicted octanol–water partition coefficient (Wildman–Crippen LogP) is 2.26. The lowest BCUT2D eigenvalue weighted by Crippen LogP contribution is -2.16. The fourth-order valence-corrected chi connectivity index (χ4v) is 1.49. The van der Waals surface area contributed by atoms with E-state index in [4.69, 9.17) is 16.7 Å². The number of hydrogen-bond donors (Lipinski definition) is 1. The molecule has 0 aromatic carbocycles. The molecule has 0 aliphatic carbocycles. The summed E-state index contributed by atoms with van der Waals surface area (Å²) in [5.74, 6) is -2.77. The van der Waals surface area contributed by atoms with E-state index in [0.29, 0.717) is 5.69 Å². The van der Waals surface area contributed by atoms with Crippen LogP contribution in [-0.4, -0.2) is 27.5 Å². The second-order valence-electron chi connectivity index (χ2n) is 3.24. The maximum Gasteiger partial charge on any atom is 0.304 e. The van der Waals surface area contributed by atoms with Crippen LogP contribution in [0.25, 0.3) is 0 Å². The van der Waals surface area contributed by atoms with E-state index in [0.717, 1.165) is 0 Å². The molecule has 1 unspecified atom stereocenters. The number of aryl methyl sites for hydroxylation is 1. The summed E-state index contributed by atoms with van der Waals surface area (Å²) in [6.45, 7) is 1.57. The highest BCUT2D eigenvalue weighted by Crippen LogP contribution is 2.26. The summed E-state index contributed by atoms with van der Waals surface area (Å²) in [6, 6.07) is 1.31. The number of alkyl halides is 2. The highest BCUT2D eigenvalue weighted by Gasteiger charge is 2.27. The Morgan fingerprint density at radius 3 is 2.62 bits per heavy atom. The van der Waals surface area contributed by atoms with Gasteiger partial charge in [-0.05, 0) is 24.6 Å². The zero-order valence-corrected chi connectivity index (χ0v) is 9.08. The molecule has 88 valence electrons. The number of rotatable bonds is 4. The first kappa shape index (κ1) is 12.8. The number of carboxylic acids is 1. The number of aromatic nitrogens is 2. The first-order valence-electron chi connectivity index (χ1n) is 4.41. The van der Waals surface area contributed by atoms with Crippen LogP contribution in [0.15, 0.2) is 6.07 Å². The molecule has 0 fully saturated rings. The summed E-state index contributed by atoms with van der Waals surface area (Å²) in [7, 11) is 0. The number of carboxylic acid groups (broad SMARTS) is 1. The zero-order chi connectivity index (χ0) is 12.3. The first-order valence-corrected chi connectivity index (χ1v) is 4.79. The molecule has 1 atom stereocenters. The molecule has 4 nitrogen and oxygen atoms in total. The largest absolute Gasteiger partial charge is 0.481 e. The third kappa shape index (κ3) is 3.37. The Labute approximate surface area is 95.3 Å². The fraction of sp³-hybridized carbons (Fsp3) is 0.444. The van der Waals surface area contributed by atoms with Crippen LogP contribution in [0.1, 0.15) is 23.7 Å².